The average molecular weight is 607 g/mol. The van der Waals surface area contributed by atoms with Crippen LogP contribution in [0.25, 0.3) is 22.0 Å². The Morgan fingerprint density at radius 3 is 2.82 bits per heavy atom. The molecular formula is C35H38N6O2S. The second kappa shape index (κ2) is 13.3. The van der Waals surface area contributed by atoms with E-state index >= 15 is 0 Å². The molecule has 0 radical (unpaired) electrons. The molecule has 9 heteroatoms. The summed E-state index contributed by atoms with van der Waals surface area (Å²) < 4.78 is 6.51. The van der Waals surface area contributed by atoms with Crippen LogP contribution in [0.4, 0.5) is 5.69 Å². The fourth-order valence-electron chi connectivity index (χ4n) is 6.88. The van der Waals surface area contributed by atoms with E-state index in [1.807, 2.05) is 11.8 Å². The number of pyridine rings is 1. The van der Waals surface area contributed by atoms with Gasteiger partial charge >= 0.3 is 0 Å². The smallest absolute Gasteiger partial charge is 0.246 e. The third kappa shape index (κ3) is 5.87. The number of thioether (sulfide) groups is 1. The van der Waals surface area contributed by atoms with Crippen molar-refractivity contribution >= 4 is 34.3 Å². The van der Waals surface area contributed by atoms with Crippen molar-refractivity contribution in [3.05, 3.63) is 60.2 Å². The lowest BCUT2D eigenvalue weighted by molar-refractivity contribution is -0.128. The van der Waals surface area contributed by atoms with E-state index in [1.165, 1.54) is 28.5 Å². The molecule has 1 amide bonds. The average Bonchev–Trinajstić information content (AvgIpc) is 3.47. The Balaban J connectivity index is 1.47. The van der Waals surface area contributed by atoms with E-state index in [1.54, 1.807) is 4.90 Å². The summed E-state index contributed by atoms with van der Waals surface area (Å²) >= 11 is 1.93. The minimum absolute atomic E-state index is 0.146. The summed E-state index contributed by atoms with van der Waals surface area (Å²) in [5, 5.41) is 20.5. The van der Waals surface area contributed by atoms with Crippen molar-refractivity contribution in [3.8, 4) is 29.1 Å². The molecule has 0 saturated carbocycles. The van der Waals surface area contributed by atoms with Crippen molar-refractivity contribution in [2.45, 2.75) is 55.5 Å². The topological polar surface area (TPSA) is 96.5 Å². The minimum atomic E-state index is -0.291. The highest BCUT2D eigenvalue weighted by Gasteiger charge is 2.33. The molecule has 3 aliphatic rings. The number of nitriles is 2. The molecule has 4 heterocycles. The van der Waals surface area contributed by atoms with E-state index in [9.17, 15) is 15.3 Å². The molecule has 2 atom stereocenters. The molecule has 6 rings (SSSR count). The van der Waals surface area contributed by atoms with Crippen molar-refractivity contribution in [2.75, 3.05) is 50.5 Å². The Morgan fingerprint density at radius 1 is 1.16 bits per heavy atom. The van der Waals surface area contributed by atoms with Crippen LogP contribution in [0.15, 0.2) is 53.9 Å². The Kier molecular flexibility index (Phi) is 9.07. The van der Waals surface area contributed by atoms with Gasteiger partial charge in [0.2, 0.25) is 11.8 Å². The first kappa shape index (κ1) is 30.0. The maximum atomic E-state index is 12.6. The number of carbonyl (C=O) groups is 1. The number of aromatic nitrogens is 1. The standard InChI is InChI=1S/C35H38N6O2S/c1-3-32(42)41-19-18-40(22-26(41)13-15-36)33-29-12-11-25(28-10-4-7-24-8-6-20-44-34(24)28)21-31(29)38-35(30(33)14-16-37)43-23-27-9-5-17-39(27)2/h3-4,7,10-12,21,26-27H,1,5-6,8-9,13-14,17-20,22-23H2,2H3/t26-,27-/m0/s1. The number of nitrogens with zero attached hydrogens (tertiary/aromatic N) is 6. The number of benzene rings is 2. The highest BCUT2D eigenvalue weighted by molar-refractivity contribution is 7.99. The number of ether oxygens (including phenoxy) is 1. The number of carbonyl (C=O) groups excluding carboxylic acids is 1. The van der Waals surface area contributed by atoms with Gasteiger partial charge in [0.15, 0.2) is 0 Å². The van der Waals surface area contributed by atoms with E-state index in [-0.39, 0.29) is 24.8 Å². The summed E-state index contributed by atoms with van der Waals surface area (Å²) in [6, 6.07) is 17.6. The molecule has 0 bridgehead atoms. The Labute approximate surface area is 263 Å². The number of hydrogen-bond donors (Lipinski definition) is 0. The molecule has 1 aromatic heterocycles. The number of rotatable bonds is 8. The van der Waals surface area contributed by atoms with Crippen molar-refractivity contribution in [1.29, 1.82) is 10.5 Å². The molecule has 3 aliphatic heterocycles. The highest BCUT2D eigenvalue weighted by Crippen LogP contribution is 2.42. The monoisotopic (exact) mass is 606 g/mol. The quantitative estimate of drug-likeness (QED) is 0.306. The number of likely N-dealkylation sites (N-methyl/N-ethyl adjacent to an activating group) is 1. The molecule has 2 saturated heterocycles. The Hall–Kier alpha value is -4.05. The van der Waals surface area contributed by atoms with Crippen molar-refractivity contribution in [2.24, 2.45) is 0 Å². The number of piperazine rings is 1. The largest absolute Gasteiger partial charge is 0.476 e. The van der Waals surface area contributed by atoms with E-state index < -0.39 is 0 Å². The highest BCUT2D eigenvalue weighted by atomic mass is 32.2. The summed E-state index contributed by atoms with van der Waals surface area (Å²) in [4.78, 5) is 25.4. The summed E-state index contributed by atoms with van der Waals surface area (Å²) in [5.74, 6) is 1.45. The van der Waals surface area contributed by atoms with Crippen LogP contribution in [0.1, 0.15) is 36.8 Å². The number of fused-ring (bicyclic) bond motifs is 2. The zero-order chi connectivity index (χ0) is 30.6. The lowest BCUT2D eigenvalue weighted by atomic mass is 9.97. The number of likely N-dealkylation sites (tertiary alicyclic amines) is 1. The van der Waals surface area contributed by atoms with E-state index in [0.717, 1.165) is 59.3 Å². The van der Waals surface area contributed by atoms with Crippen molar-refractivity contribution in [3.63, 3.8) is 0 Å². The van der Waals surface area contributed by atoms with Gasteiger partial charge in [-0.25, -0.2) is 4.98 Å². The zero-order valence-corrected chi connectivity index (χ0v) is 26.1. The van der Waals surface area contributed by atoms with Crippen LogP contribution in [-0.4, -0.2) is 78.4 Å². The molecular weight excluding hydrogens is 568 g/mol. The fraction of sp³-hybridized carbons (Fsp3) is 0.429. The van der Waals surface area contributed by atoms with E-state index in [4.69, 9.17) is 9.72 Å². The predicted molar refractivity (Wildman–Crippen MR) is 175 cm³/mol. The fourth-order valence-corrected chi connectivity index (χ4v) is 8.07. The molecule has 0 unspecified atom stereocenters. The van der Waals surface area contributed by atoms with Crippen LogP contribution in [0, 0.1) is 22.7 Å². The van der Waals surface area contributed by atoms with Gasteiger partial charge < -0.3 is 19.4 Å². The lowest BCUT2D eigenvalue weighted by Gasteiger charge is -2.42. The predicted octanol–water partition coefficient (Wildman–Crippen LogP) is 5.60. The van der Waals surface area contributed by atoms with Gasteiger partial charge in [0.1, 0.15) is 6.61 Å². The van der Waals surface area contributed by atoms with Gasteiger partial charge in [-0.2, -0.15) is 10.5 Å². The second-order valence-corrected chi connectivity index (χ2v) is 12.9. The molecule has 8 nitrogen and oxygen atoms in total. The summed E-state index contributed by atoms with van der Waals surface area (Å²) in [7, 11) is 2.13. The molecule has 3 aromatic rings. The van der Waals surface area contributed by atoms with E-state index in [2.05, 4.69) is 72.0 Å². The molecule has 0 aliphatic carbocycles. The van der Waals surface area contributed by atoms with Gasteiger partial charge in [0.05, 0.1) is 47.8 Å². The number of amides is 1. The van der Waals surface area contributed by atoms with Crippen LogP contribution < -0.4 is 9.64 Å². The van der Waals surface area contributed by atoms with Gasteiger partial charge in [0.25, 0.3) is 0 Å². The zero-order valence-electron chi connectivity index (χ0n) is 25.3. The SMILES string of the molecule is C=CC(=O)N1CCN(c2c(CC#N)c(OC[C@@H]3CCCN3C)nc3cc(-c4cccc5c4SCCC5)ccc23)C[C@@H]1CC#N. The van der Waals surface area contributed by atoms with Crippen LogP contribution in [-0.2, 0) is 17.6 Å². The lowest BCUT2D eigenvalue weighted by Crippen LogP contribution is -2.55. The number of hydrogen-bond acceptors (Lipinski definition) is 8. The first-order valence-electron chi connectivity index (χ1n) is 15.5. The first-order chi connectivity index (χ1) is 21.5. The summed E-state index contributed by atoms with van der Waals surface area (Å²) in [6.45, 7) is 6.72. The molecule has 44 heavy (non-hydrogen) atoms. The van der Waals surface area contributed by atoms with Gasteiger partial charge in [-0.05, 0) is 73.9 Å². The summed E-state index contributed by atoms with van der Waals surface area (Å²) in [6.07, 6.45) is 6.18. The maximum absolute atomic E-state index is 12.6. The summed E-state index contributed by atoms with van der Waals surface area (Å²) in [5.41, 5.74) is 6.22. The van der Waals surface area contributed by atoms with Gasteiger partial charge in [0, 0.05) is 36.0 Å². The van der Waals surface area contributed by atoms with Crippen LogP contribution in [0.2, 0.25) is 0 Å². The van der Waals surface area contributed by atoms with Gasteiger partial charge in [-0.3, -0.25) is 4.79 Å². The molecule has 2 aromatic carbocycles. The third-order valence-electron chi connectivity index (χ3n) is 9.19. The number of aryl methyl sites for hydroxylation is 1. The Bertz CT molecular complexity index is 1660. The number of anilines is 1. The molecule has 0 N–H and O–H groups in total. The van der Waals surface area contributed by atoms with Crippen LogP contribution in [0.3, 0.4) is 0 Å². The molecule has 226 valence electrons. The Morgan fingerprint density at radius 2 is 2.05 bits per heavy atom. The third-order valence-corrected chi connectivity index (χ3v) is 10.5. The minimum Gasteiger partial charge on any atom is -0.476 e. The molecule has 2 fully saturated rings. The van der Waals surface area contributed by atoms with Crippen LogP contribution in [0.5, 0.6) is 5.88 Å². The van der Waals surface area contributed by atoms with Crippen molar-refractivity contribution < 1.29 is 9.53 Å². The second-order valence-electron chi connectivity index (χ2n) is 11.8. The van der Waals surface area contributed by atoms with Crippen molar-refractivity contribution in [1.82, 2.24) is 14.8 Å². The maximum Gasteiger partial charge on any atom is 0.246 e. The molecule has 0 spiro atoms. The van der Waals surface area contributed by atoms with Gasteiger partial charge in [-0.1, -0.05) is 36.9 Å². The van der Waals surface area contributed by atoms with Gasteiger partial charge in [-0.15, -0.1) is 11.8 Å². The van der Waals surface area contributed by atoms with E-state index in [0.29, 0.717) is 38.2 Å². The first-order valence-corrected chi connectivity index (χ1v) is 16.5. The van der Waals surface area contributed by atoms with Crippen LogP contribution >= 0.6 is 11.8 Å². The normalized spacial score (nSPS) is 20.2.